The number of hydrogen-bond acceptors (Lipinski definition) is 2. The third-order valence-corrected chi connectivity index (χ3v) is 2.84. The van der Waals surface area contributed by atoms with Crippen LogP contribution in [0.15, 0.2) is 42.5 Å². The molecule has 0 fully saturated rings. The highest BCUT2D eigenvalue weighted by atomic mass is 19.2. The van der Waals surface area contributed by atoms with Gasteiger partial charge in [0.2, 0.25) is 0 Å². The van der Waals surface area contributed by atoms with Crippen molar-refractivity contribution in [3.63, 3.8) is 0 Å². The summed E-state index contributed by atoms with van der Waals surface area (Å²) in [6, 6.07) is 8.64. The van der Waals surface area contributed by atoms with Crippen molar-refractivity contribution in [1.82, 2.24) is 0 Å². The molecule has 2 aromatic rings. The lowest BCUT2D eigenvalue weighted by Gasteiger charge is -2.23. The molecule has 20 heavy (non-hydrogen) atoms. The van der Waals surface area contributed by atoms with Crippen molar-refractivity contribution in [2.24, 2.45) is 5.73 Å². The lowest BCUT2D eigenvalue weighted by molar-refractivity contribution is 0.174. The Balaban J connectivity index is 2.31. The molecule has 2 atom stereocenters. The normalized spacial score (nSPS) is 13.8. The number of nitrogens with two attached hydrogens (primary N) is 1. The quantitative estimate of drug-likeness (QED) is 0.929. The molecule has 0 aliphatic carbocycles. The van der Waals surface area contributed by atoms with Crippen molar-refractivity contribution in [3.8, 4) is 5.75 Å². The monoisotopic (exact) mass is 281 g/mol. The van der Waals surface area contributed by atoms with E-state index in [-0.39, 0.29) is 11.3 Å². The summed E-state index contributed by atoms with van der Waals surface area (Å²) in [6.45, 7) is 1.65. The van der Waals surface area contributed by atoms with Crippen LogP contribution in [0, 0.1) is 17.5 Å². The number of ether oxygens (including phenoxy) is 1. The Labute approximate surface area is 115 Å². The molecule has 0 saturated heterocycles. The van der Waals surface area contributed by atoms with Gasteiger partial charge in [0.15, 0.2) is 11.6 Å². The van der Waals surface area contributed by atoms with Gasteiger partial charge in [-0.25, -0.2) is 13.2 Å². The molecule has 0 amide bonds. The van der Waals surface area contributed by atoms with E-state index in [1.54, 1.807) is 25.1 Å². The first-order valence-corrected chi connectivity index (χ1v) is 6.10. The van der Waals surface area contributed by atoms with Crippen LogP contribution < -0.4 is 10.5 Å². The maximum atomic E-state index is 13.8. The minimum Gasteiger partial charge on any atom is -0.484 e. The molecule has 2 aromatic carbocycles. The van der Waals surface area contributed by atoms with E-state index in [9.17, 15) is 13.2 Å². The van der Waals surface area contributed by atoms with E-state index >= 15 is 0 Å². The molecule has 2 N–H and O–H groups in total. The molecule has 0 aromatic heterocycles. The number of benzene rings is 2. The third kappa shape index (κ3) is 3.11. The molecule has 0 heterocycles. The van der Waals surface area contributed by atoms with Gasteiger partial charge in [-0.3, -0.25) is 0 Å². The molecule has 0 aliphatic rings. The van der Waals surface area contributed by atoms with E-state index in [4.69, 9.17) is 10.5 Å². The van der Waals surface area contributed by atoms with Crippen molar-refractivity contribution in [1.29, 1.82) is 0 Å². The molecule has 2 unspecified atom stereocenters. The highest BCUT2D eigenvalue weighted by Crippen LogP contribution is 2.27. The Morgan fingerprint density at radius 1 is 0.950 bits per heavy atom. The molecule has 2 nitrogen and oxygen atoms in total. The molecule has 5 heteroatoms. The van der Waals surface area contributed by atoms with Crippen LogP contribution in [-0.4, -0.2) is 6.04 Å². The third-order valence-electron chi connectivity index (χ3n) is 2.84. The molecule has 2 rings (SSSR count). The average Bonchev–Trinajstić information content (AvgIpc) is 2.41. The Hall–Kier alpha value is -2.01. The zero-order valence-corrected chi connectivity index (χ0v) is 10.8. The first kappa shape index (κ1) is 14.4. The molecular weight excluding hydrogens is 267 g/mol. The Kier molecular flexibility index (Phi) is 4.29. The van der Waals surface area contributed by atoms with E-state index in [0.29, 0.717) is 0 Å². The molecule has 106 valence electrons. The van der Waals surface area contributed by atoms with Gasteiger partial charge in [0.1, 0.15) is 17.7 Å². The predicted octanol–water partition coefficient (Wildman–Crippen LogP) is 3.57. The van der Waals surface area contributed by atoms with Gasteiger partial charge in [-0.2, -0.15) is 0 Å². The second-order valence-corrected chi connectivity index (χ2v) is 4.49. The van der Waals surface area contributed by atoms with Crippen LogP contribution >= 0.6 is 0 Å². The van der Waals surface area contributed by atoms with Crippen molar-refractivity contribution in [2.45, 2.75) is 19.1 Å². The summed E-state index contributed by atoms with van der Waals surface area (Å²) in [6.07, 6.45) is -0.791. The van der Waals surface area contributed by atoms with Gasteiger partial charge in [0.05, 0.1) is 0 Å². The number of rotatable bonds is 4. The van der Waals surface area contributed by atoms with Crippen molar-refractivity contribution >= 4 is 0 Å². The lowest BCUT2D eigenvalue weighted by Crippen LogP contribution is -2.29. The lowest BCUT2D eigenvalue weighted by atomic mass is 10.0. The zero-order chi connectivity index (χ0) is 14.7. The molecule has 0 saturated carbocycles. The molecule has 0 spiro atoms. The van der Waals surface area contributed by atoms with Crippen LogP contribution in [0.4, 0.5) is 13.2 Å². The molecule has 0 radical (unpaired) electrons. The maximum Gasteiger partial charge on any atom is 0.162 e. The summed E-state index contributed by atoms with van der Waals surface area (Å²) in [5.74, 6) is -2.37. The summed E-state index contributed by atoms with van der Waals surface area (Å²) in [5.41, 5.74) is 6.06. The Morgan fingerprint density at radius 3 is 2.25 bits per heavy atom. The highest BCUT2D eigenvalue weighted by Gasteiger charge is 2.22. The minimum absolute atomic E-state index is 0.0921. The largest absolute Gasteiger partial charge is 0.484 e. The van der Waals surface area contributed by atoms with Gasteiger partial charge in [-0.05, 0) is 25.1 Å². The fourth-order valence-electron chi connectivity index (χ4n) is 1.86. The van der Waals surface area contributed by atoms with E-state index in [2.05, 4.69) is 0 Å². The summed E-state index contributed by atoms with van der Waals surface area (Å²) < 4.78 is 45.3. The van der Waals surface area contributed by atoms with Gasteiger partial charge in [0, 0.05) is 17.7 Å². The van der Waals surface area contributed by atoms with Gasteiger partial charge in [-0.1, -0.05) is 18.2 Å². The molecule has 0 aliphatic heterocycles. The van der Waals surface area contributed by atoms with Gasteiger partial charge in [0.25, 0.3) is 0 Å². The smallest absolute Gasteiger partial charge is 0.162 e. The summed E-state index contributed by atoms with van der Waals surface area (Å²) in [4.78, 5) is 0. The van der Waals surface area contributed by atoms with Gasteiger partial charge in [-0.15, -0.1) is 0 Å². The van der Waals surface area contributed by atoms with E-state index < -0.39 is 29.6 Å². The van der Waals surface area contributed by atoms with Crippen LogP contribution in [0.1, 0.15) is 18.6 Å². The molecular formula is C15H14F3NO. The topological polar surface area (TPSA) is 35.2 Å². The van der Waals surface area contributed by atoms with E-state index in [1.807, 2.05) is 0 Å². The minimum atomic E-state index is -1.03. The van der Waals surface area contributed by atoms with Crippen molar-refractivity contribution in [2.75, 3.05) is 0 Å². The van der Waals surface area contributed by atoms with Crippen LogP contribution in [-0.2, 0) is 0 Å². The zero-order valence-electron chi connectivity index (χ0n) is 10.8. The van der Waals surface area contributed by atoms with Crippen LogP contribution in [0.2, 0.25) is 0 Å². The highest BCUT2D eigenvalue weighted by molar-refractivity contribution is 5.27. The van der Waals surface area contributed by atoms with E-state index in [1.165, 1.54) is 12.1 Å². The number of hydrogen-bond donors (Lipinski definition) is 1. The van der Waals surface area contributed by atoms with Crippen LogP contribution in [0.5, 0.6) is 5.75 Å². The SMILES string of the molecule is CC(N)C(Oc1ccc(F)c(F)c1)c1ccccc1F. The second kappa shape index (κ2) is 5.96. The fourth-order valence-corrected chi connectivity index (χ4v) is 1.86. The first-order chi connectivity index (χ1) is 9.49. The maximum absolute atomic E-state index is 13.8. The summed E-state index contributed by atoms with van der Waals surface area (Å²) >= 11 is 0. The van der Waals surface area contributed by atoms with Crippen molar-refractivity contribution < 1.29 is 17.9 Å². The van der Waals surface area contributed by atoms with Gasteiger partial charge < -0.3 is 10.5 Å². The Morgan fingerprint density at radius 2 is 1.65 bits per heavy atom. The average molecular weight is 281 g/mol. The summed E-state index contributed by atoms with van der Waals surface area (Å²) in [5, 5.41) is 0. The summed E-state index contributed by atoms with van der Waals surface area (Å²) in [7, 11) is 0. The second-order valence-electron chi connectivity index (χ2n) is 4.49. The van der Waals surface area contributed by atoms with E-state index in [0.717, 1.165) is 12.1 Å². The standard InChI is InChI=1S/C15H14F3NO/c1-9(19)15(11-4-2-3-5-12(11)16)20-10-6-7-13(17)14(18)8-10/h2-9,15H,19H2,1H3. The number of halogens is 3. The Bertz CT molecular complexity index is 601. The fraction of sp³-hybridized carbons (Fsp3) is 0.200. The predicted molar refractivity (Wildman–Crippen MR) is 69.8 cm³/mol. The van der Waals surface area contributed by atoms with Crippen LogP contribution in [0.25, 0.3) is 0 Å². The van der Waals surface area contributed by atoms with Crippen molar-refractivity contribution in [3.05, 3.63) is 65.5 Å². The molecule has 0 bridgehead atoms. The van der Waals surface area contributed by atoms with Gasteiger partial charge >= 0.3 is 0 Å². The van der Waals surface area contributed by atoms with Crippen LogP contribution in [0.3, 0.4) is 0 Å². The first-order valence-electron chi connectivity index (χ1n) is 6.10.